The van der Waals surface area contributed by atoms with Crippen LogP contribution in [0, 0.1) is 12.8 Å². The Morgan fingerprint density at radius 2 is 2.12 bits per heavy atom. The first-order valence-electron chi connectivity index (χ1n) is 8.80. The predicted molar refractivity (Wildman–Crippen MR) is 92.5 cm³/mol. The lowest BCUT2D eigenvalue weighted by Crippen LogP contribution is -2.26. The van der Waals surface area contributed by atoms with E-state index in [-0.39, 0.29) is 0 Å². The average Bonchev–Trinajstić information content (AvgIpc) is 3.09. The molecule has 0 saturated heterocycles. The normalized spacial score (nSPS) is 20.8. The Morgan fingerprint density at radius 1 is 1.29 bits per heavy atom. The van der Waals surface area contributed by atoms with Gasteiger partial charge in [-0.25, -0.2) is 4.98 Å². The summed E-state index contributed by atoms with van der Waals surface area (Å²) in [6.07, 6.45) is 7.47. The van der Waals surface area contributed by atoms with E-state index in [9.17, 15) is 4.79 Å². The molecule has 24 heavy (non-hydrogen) atoms. The molecule has 2 heterocycles. The highest BCUT2D eigenvalue weighted by Gasteiger charge is 2.29. The summed E-state index contributed by atoms with van der Waals surface area (Å²) >= 11 is 0. The largest absolute Gasteiger partial charge is 0.491 e. The van der Waals surface area contributed by atoms with E-state index < -0.39 is 0 Å². The van der Waals surface area contributed by atoms with Gasteiger partial charge in [0, 0.05) is 36.0 Å². The fourth-order valence-electron chi connectivity index (χ4n) is 3.69. The minimum atomic E-state index is 0.390. The van der Waals surface area contributed by atoms with Crippen LogP contribution < -0.4 is 4.74 Å². The minimum Gasteiger partial charge on any atom is -0.491 e. The van der Waals surface area contributed by atoms with Crippen LogP contribution in [0.4, 0.5) is 0 Å². The summed E-state index contributed by atoms with van der Waals surface area (Å²) in [5.41, 5.74) is 2.52. The van der Waals surface area contributed by atoms with E-state index in [1.54, 1.807) is 0 Å². The van der Waals surface area contributed by atoms with E-state index in [4.69, 9.17) is 4.74 Å². The van der Waals surface area contributed by atoms with Gasteiger partial charge >= 0.3 is 0 Å². The van der Waals surface area contributed by atoms with E-state index in [0.29, 0.717) is 29.9 Å². The highest BCUT2D eigenvalue weighted by Crippen LogP contribution is 2.38. The van der Waals surface area contributed by atoms with Crippen LogP contribution in [0.15, 0.2) is 24.4 Å². The second-order valence-corrected chi connectivity index (χ2v) is 6.49. The molecule has 1 aliphatic carbocycles. The van der Waals surface area contributed by atoms with Crippen molar-refractivity contribution in [2.45, 2.75) is 52.0 Å². The average molecular weight is 327 g/mol. The van der Waals surface area contributed by atoms with Gasteiger partial charge in [-0.1, -0.05) is 12.8 Å². The summed E-state index contributed by atoms with van der Waals surface area (Å²) in [6.45, 7) is 5.51. The SMILES string of the molecule is CCn1nccc1C1CCCCC1COc1ccc(C)nc1C=O. The van der Waals surface area contributed by atoms with Crippen LogP contribution in [-0.2, 0) is 6.54 Å². The maximum absolute atomic E-state index is 11.2. The number of aromatic nitrogens is 3. The van der Waals surface area contributed by atoms with Gasteiger partial charge in [-0.2, -0.15) is 5.10 Å². The number of hydrogen-bond acceptors (Lipinski definition) is 4. The zero-order valence-corrected chi connectivity index (χ0v) is 14.4. The van der Waals surface area contributed by atoms with Crippen LogP contribution in [0.2, 0.25) is 0 Å². The van der Waals surface area contributed by atoms with Gasteiger partial charge in [-0.3, -0.25) is 9.48 Å². The van der Waals surface area contributed by atoms with Crippen molar-refractivity contribution in [3.63, 3.8) is 0 Å². The fourth-order valence-corrected chi connectivity index (χ4v) is 3.69. The van der Waals surface area contributed by atoms with Crippen LogP contribution >= 0.6 is 0 Å². The third-order valence-electron chi connectivity index (χ3n) is 4.93. The Hall–Kier alpha value is -2.17. The van der Waals surface area contributed by atoms with Gasteiger partial charge in [0.2, 0.25) is 0 Å². The molecular weight excluding hydrogens is 302 g/mol. The van der Waals surface area contributed by atoms with Gasteiger partial charge in [0.15, 0.2) is 6.29 Å². The summed E-state index contributed by atoms with van der Waals surface area (Å²) in [5, 5.41) is 4.42. The lowest BCUT2D eigenvalue weighted by Gasteiger charge is -2.31. The van der Waals surface area contributed by atoms with Gasteiger partial charge in [0.1, 0.15) is 11.4 Å². The Balaban J connectivity index is 1.74. The van der Waals surface area contributed by atoms with Crippen molar-refractivity contribution in [1.82, 2.24) is 14.8 Å². The Morgan fingerprint density at radius 3 is 2.92 bits per heavy atom. The smallest absolute Gasteiger partial charge is 0.172 e. The molecule has 128 valence electrons. The predicted octanol–water partition coefficient (Wildman–Crippen LogP) is 3.77. The van der Waals surface area contributed by atoms with Crippen LogP contribution in [0.1, 0.15) is 60.4 Å². The molecule has 2 aromatic heterocycles. The fraction of sp³-hybridized carbons (Fsp3) is 0.526. The number of aldehydes is 1. The van der Waals surface area contributed by atoms with Crippen molar-refractivity contribution in [3.8, 4) is 5.75 Å². The number of rotatable bonds is 6. The molecule has 0 radical (unpaired) electrons. The molecule has 0 bridgehead atoms. The van der Waals surface area contributed by atoms with Gasteiger partial charge in [0.05, 0.1) is 6.61 Å². The first-order valence-corrected chi connectivity index (χ1v) is 8.80. The molecule has 0 aliphatic heterocycles. The van der Waals surface area contributed by atoms with Crippen molar-refractivity contribution in [2.24, 2.45) is 5.92 Å². The number of aryl methyl sites for hydroxylation is 2. The van der Waals surface area contributed by atoms with E-state index >= 15 is 0 Å². The van der Waals surface area contributed by atoms with E-state index in [1.807, 2.05) is 25.3 Å². The second-order valence-electron chi connectivity index (χ2n) is 6.49. The second kappa shape index (κ2) is 7.60. The molecule has 5 nitrogen and oxygen atoms in total. The first kappa shape index (κ1) is 16.7. The Bertz CT molecular complexity index is 696. The molecule has 2 aromatic rings. The summed E-state index contributed by atoms with van der Waals surface area (Å²) in [7, 11) is 0. The Labute approximate surface area is 143 Å². The molecular formula is C19H25N3O2. The third-order valence-corrected chi connectivity index (χ3v) is 4.93. The molecule has 2 unspecified atom stereocenters. The number of nitrogens with zero attached hydrogens (tertiary/aromatic N) is 3. The number of carbonyl (C=O) groups excluding carboxylic acids is 1. The quantitative estimate of drug-likeness (QED) is 0.758. The van der Waals surface area contributed by atoms with Crippen molar-refractivity contribution >= 4 is 6.29 Å². The van der Waals surface area contributed by atoms with Crippen molar-refractivity contribution < 1.29 is 9.53 Å². The van der Waals surface area contributed by atoms with Gasteiger partial charge in [0.25, 0.3) is 0 Å². The van der Waals surface area contributed by atoms with Gasteiger partial charge in [-0.05, 0) is 44.9 Å². The van der Waals surface area contributed by atoms with Gasteiger partial charge < -0.3 is 4.74 Å². The van der Waals surface area contributed by atoms with Crippen LogP contribution in [0.3, 0.4) is 0 Å². The molecule has 1 fully saturated rings. The number of carbonyl (C=O) groups is 1. The van der Waals surface area contributed by atoms with Crippen molar-refractivity contribution in [3.05, 3.63) is 41.5 Å². The molecule has 5 heteroatoms. The molecule has 2 atom stereocenters. The summed E-state index contributed by atoms with van der Waals surface area (Å²) in [6, 6.07) is 5.86. The minimum absolute atomic E-state index is 0.390. The number of hydrogen-bond donors (Lipinski definition) is 0. The van der Waals surface area contributed by atoms with Crippen molar-refractivity contribution in [2.75, 3.05) is 6.61 Å². The summed E-state index contributed by atoms with van der Waals surface area (Å²) < 4.78 is 8.09. The molecule has 0 amide bonds. The zero-order valence-electron chi connectivity index (χ0n) is 14.4. The maximum atomic E-state index is 11.2. The maximum Gasteiger partial charge on any atom is 0.172 e. The molecule has 3 rings (SSSR count). The molecule has 0 spiro atoms. The Kier molecular flexibility index (Phi) is 5.28. The lowest BCUT2D eigenvalue weighted by atomic mass is 9.78. The van der Waals surface area contributed by atoms with E-state index in [1.165, 1.54) is 25.0 Å². The first-order chi connectivity index (χ1) is 11.7. The van der Waals surface area contributed by atoms with E-state index in [2.05, 4.69) is 27.8 Å². The lowest BCUT2D eigenvalue weighted by molar-refractivity contribution is 0.111. The molecule has 1 aliphatic rings. The third kappa shape index (κ3) is 3.50. The summed E-state index contributed by atoms with van der Waals surface area (Å²) in [5.74, 6) is 1.50. The molecule has 0 aromatic carbocycles. The van der Waals surface area contributed by atoms with Crippen LogP contribution in [-0.4, -0.2) is 27.7 Å². The monoisotopic (exact) mass is 327 g/mol. The highest BCUT2D eigenvalue weighted by atomic mass is 16.5. The standard InChI is InChI=1S/C19H25N3O2/c1-3-22-18(10-11-20-22)16-7-5-4-6-15(16)13-24-19-9-8-14(2)21-17(19)12-23/h8-12,15-16H,3-7,13H2,1-2H3. The highest BCUT2D eigenvalue weighted by molar-refractivity contribution is 5.76. The molecule has 1 saturated carbocycles. The van der Waals surface area contributed by atoms with Crippen molar-refractivity contribution in [1.29, 1.82) is 0 Å². The zero-order chi connectivity index (χ0) is 16.9. The number of pyridine rings is 1. The van der Waals surface area contributed by atoms with Crippen LogP contribution in [0.5, 0.6) is 5.75 Å². The number of ether oxygens (including phenoxy) is 1. The van der Waals surface area contributed by atoms with Gasteiger partial charge in [-0.15, -0.1) is 0 Å². The van der Waals surface area contributed by atoms with Crippen LogP contribution in [0.25, 0.3) is 0 Å². The summed E-state index contributed by atoms with van der Waals surface area (Å²) in [4.78, 5) is 15.5. The van der Waals surface area contributed by atoms with E-state index in [0.717, 1.165) is 24.9 Å². The molecule has 0 N–H and O–H groups in total. The topological polar surface area (TPSA) is 57.0 Å².